The van der Waals surface area contributed by atoms with E-state index < -0.39 is 0 Å². The fraction of sp³-hybridized carbons (Fsp3) is 0.667. The van der Waals surface area contributed by atoms with Crippen molar-refractivity contribution >= 4 is 5.69 Å². The Morgan fingerprint density at radius 3 is 2.62 bits per heavy atom. The minimum Gasteiger partial charge on any atom is -0.497 e. The zero-order valence-electron chi connectivity index (χ0n) is 13.8. The summed E-state index contributed by atoms with van der Waals surface area (Å²) in [6.45, 7) is 6.71. The lowest BCUT2D eigenvalue weighted by Gasteiger charge is -2.30. The monoisotopic (exact) mass is 290 g/mol. The predicted molar refractivity (Wildman–Crippen MR) is 89.5 cm³/mol. The summed E-state index contributed by atoms with van der Waals surface area (Å²) < 4.78 is 5.34. The van der Waals surface area contributed by atoms with Crippen molar-refractivity contribution in [2.45, 2.75) is 58.5 Å². The van der Waals surface area contributed by atoms with Gasteiger partial charge in [-0.05, 0) is 55.5 Å². The summed E-state index contributed by atoms with van der Waals surface area (Å²) in [5, 5.41) is 0. The standard InChI is InChI=1S/C18H30N2O/c1-14(2)10-11-20(16-6-4-5-7-16)13-15-12-17(21-3)8-9-18(15)19/h8-9,12,14,16H,4-7,10-11,13,19H2,1-3H3. The van der Waals surface area contributed by atoms with Crippen LogP contribution in [0.3, 0.4) is 0 Å². The molecule has 1 aliphatic carbocycles. The second-order valence-corrected chi connectivity index (χ2v) is 6.66. The molecule has 0 aliphatic heterocycles. The van der Waals surface area contributed by atoms with Crippen molar-refractivity contribution < 1.29 is 4.74 Å². The topological polar surface area (TPSA) is 38.5 Å². The molecule has 1 saturated carbocycles. The van der Waals surface area contributed by atoms with Crippen LogP contribution in [0.25, 0.3) is 0 Å². The van der Waals surface area contributed by atoms with Crippen LogP contribution in [0.2, 0.25) is 0 Å². The van der Waals surface area contributed by atoms with Crippen LogP contribution in [0.4, 0.5) is 5.69 Å². The molecule has 0 radical (unpaired) electrons. The molecular formula is C18H30N2O. The van der Waals surface area contributed by atoms with Gasteiger partial charge in [0.25, 0.3) is 0 Å². The average molecular weight is 290 g/mol. The molecule has 3 heteroatoms. The van der Waals surface area contributed by atoms with E-state index >= 15 is 0 Å². The van der Waals surface area contributed by atoms with Gasteiger partial charge in [0, 0.05) is 18.3 Å². The number of anilines is 1. The van der Waals surface area contributed by atoms with Crippen molar-refractivity contribution in [1.82, 2.24) is 4.90 Å². The Labute approximate surface area is 129 Å². The first-order valence-corrected chi connectivity index (χ1v) is 8.26. The van der Waals surface area contributed by atoms with Crippen LogP contribution >= 0.6 is 0 Å². The lowest BCUT2D eigenvalue weighted by atomic mass is 10.1. The van der Waals surface area contributed by atoms with Gasteiger partial charge in [0.1, 0.15) is 5.75 Å². The third kappa shape index (κ3) is 4.63. The molecule has 0 atom stereocenters. The second-order valence-electron chi connectivity index (χ2n) is 6.66. The maximum atomic E-state index is 6.16. The molecule has 0 amide bonds. The number of benzene rings is 1. The first-order chi connectivity index (χ1) is 10.1. The lowest BCUT2D eigenvalue weighted by molar-refractivity contribution is 0.179. The summed E-state index contributed by atoms with van der Waals surface area (Å²) >= 11 is 0. The van der Waals surface area contributed by atoms with Gasteiger partial charge in [-0.3, -0.25) is 4.90 Å². The molecule has 2 rings (SSSR count). The summed E-state index contributed by atoms with van der Waals surface area (Å²) in [6, 6.07) is 6.72. The van der Waals surface area contributed by atoms with Crippen molar-refractivity contribution in [1.29, 1.82) is 0 Å². The second kappa shape index (κ2) is 7.69. The molecule has 3 nitrogen and oxygen atoms in total. The molecule has 2 N–H and O–H groups in total. The Hall–Kier alpha value is -1.22. The molecular weight excluding hydrogens is 260 g/mol. The van der Waals surface area contributed by atoms with E-state index in [1.807, 2.05) is 12.1 Å². The van der Waals surface area contributed by atoms with Gasteiger partial charge in [0.15, 0.2) is 0 Å². The van der Waals surface area contributed by atoms with E-state index in [9.17, 15) is 0 Å². The van der Waals surface area contributed by atoms with E-state index in [2.05, 4.69) is 24.8 Å². The lowest BCUT2D eigenvalue weighted by Crippen LogP contribution is -2.34. The number of methoxy groups -OCH3 is 1. The van der Waals surface area contributed by atoms with Crippen molar-refractivity contribution in [3.05, 3.63) is 23.8 Å². The number of ether oxygens (including phenoxy) is 1. The first kappa shape index (κ1) is 16.2. The minimum absolute atomic E-state index is 0.731. The highest BCUT2D eigenvalue weighted by Gasteiger charge is 2.23. The van der Waals surface area contributed by atoms with Gasteiger partial charge in [-0.2, -0.15) is 0 Å². The van der Waals surface area contributed by atoms with E-state index in [-0.39, 0.29) is 0 Å². The summed E-state index contributed by atoms with van der Waals surface area (Å²) in [6.07, 6.45) is 6.66. The Bertz CT molecular complexity index is 439. The van der Waals surface area contributed by atoms with E-state index in [4.69, 9.17) is 10.5 Å². The molecule has 0 spiro atoms. The Balaban J connectivity index is 2.09. The van der Waals surface area contributed by atoms with Gasteiger partial charge >= 0.3 is 0 Å². The molecule has 1 aromatic rings. The minimum atomic E-state index is 0.731. The zero-order valence-corrected chi connectivity index (χ0v) is 13.8. The van der Waals surface area contributed by atoms with Crippen molar-refractivity contribution in [3.63, 3.8) is 0 Å². The van der Waals surface area contributed by atoms with Crippen LogP contribution in [0.15, 0.2) is 18.2 Å². The number of nitrogens with zero attached hydrogens (tertiary/aromatic N) is 1. The highest BCUT2D eigenvalue weighted by atomic mass is 16.5. The van der Waals surface area contributed by atoms with Crippen molar-refractivity contribution in [2.24, 2.45) is 5.92 Å². The van der Waals surface area contributed by atoms with Crippen LogP contribution in [0.5, 0.6) is 5.75 Å². The Morgan fingerprint density at radius 2 is 2.00 bits per heavy atom. The predicted octanol–water partition coefficient (Wildman–Crippen LogP) is 4.07. The molecule has 1 aromatic carbocycles. The van der Waals surface area contributed by atoms with Crippen LogP contribution in [-0.2, 0) is 6.54 Å². The number of nitrogens with two attached hydrogens (primary N) is 1. The SMILES string of the molecule is COc1ccc(N)c(CN(CCC(C)C)C2CCCC2)c1. The van der Waals surface area contributed by atoms with E-state index in [1.54, 1.807) is 7.11 Å². The smallest absolute Gasteiger partial charge is 0.119 e. The van der Waals surface area contributed by atoms with Crippen molar-refractivity contribution in [3.8, 4) is 5.75 Å². The van der Waals surface area contributed by atoms with Crippen LogP contribution in [-0.4, -0.2) is 24.6 Å². The maximum Gasteiger partial charge on any atom is 0.119 e. The van der Waals surface area contributed by atoms with E-state index in [0.29, 0.717) is 0 Å². The molecule has 1 aliphatic rings. The quantitative estimate of drug-likeness (QED) is 0.769. The van der Waals surface area contributed by atoms with E-state index in [0.717, 1.165) is 29.9 Å². The summed E-state index contributed by atoms with van der Waals surface area (Å²) in [4.78, 5) is 2.64. The molecule has 1 fully saturated rings. The number of rotatable bonds is 7. The summed E-state index contributed by atoms with van der Waals surface area (Å²) in [7, 11) is 1.71. The normalized spacial score (nSPS) is 16.0. The third-order valence-corrected chi connectivity index (χ3v) is 4.56. The molecule has 0 unspecified atom stereocenters. The molecule has 0 bridgehead atoms. The Morgan fingerprint density at radius 1 is 1.29 bits per heavy atom. The zero-order chi connectivity index (χ0) is 15.2. The van der Waals surface area contributed by atoms with Crippen LogP contribution in [0.1, 0.15) is 51.5 Å². The molecule has 0 saturated heterocycles. The Kier molecular flexibility index (Phi) is 5.92. The van der Waals surface area contributed by atoms with Crippen LogP contribution in [0, 0.1) is 5.92 Å². The third-order valence-electron chi connectivity index (χ3n) is 4.56. The van der Waals surface area contributed by atoms with Gasteiger partial charge in [0.2, 0.25) is 0 Å². The van der Waals surface area contributed by atoms with E-state index in [1.165, 1.54) is 44.2 Å². The molecule has 0 aromatic heterocycles. The molecule has 118 valence electrons. The molecule has 0 heterocycles. The van der Waals surface area contributed by atoms with Gasteiger partial charge in [-0.1, -0.05) is 26.7 Å². The van der Waals surface area contributed by atoms with Gasteiger partial charge < -0.3 is 10.5 Å². The highest BCUT2D eigenvalue weighted by molar-refractivity contribution is 5.50. The van der Waals surface area contributed by atoms with Gasteiger partial charge in [-0.25, -0.2) is 0 Å². The largest absolute Gasteiger partial charge is 0.497 e. The van der Waals surface area contributed by atoms with Gasteiger partial charge in [-0.15, -0.1) is 0 Å². The maximum absolute atomic E-state index is 6.16. The number of hydrogen-bond donors (Lipinski definition) is 1. The molecule has 21 heavy (non-hydrogen) atoms. The number of nitrogen functional groups attached to an aromatic ring is 1. The highest BCUT2D eigenvalue weighted by Crippen LogP contribution is 2.28. The fourth-order valence-corrected chi connectivity index (χ4v) is 3.15. The van der Waals surface area contributed by atoms with Crippen LogP contribution < -0.4 is 10.5 Å². The first-order valence-electron chi connectivity index (χ1n) is 8.26. The average Bonchev–Trinajstić information content (AvgIpc) is 2.99. The van der Waals surface area contributed by atoms with Crippen molar-refractivity contribution in [2.75, 3.05) is 19.4 Å². The summed E-state index contributed by atoms with van der Waals surface area (Å²) in [5.41, 5.74) is 8.24. The number of hydrogen-bond acceptors (Lipinski definition) is 3. The van der Waals surface area contributed by atoms with Gasteiger partial charge in [0.05, 0.1) is 7.11 Å². The fourth-order valence-electron chi connectivity index (χ4n) is 3.15. The summed E-state index contributed by atoms with van der Waals surface area (Å²) in [5.74, 6) is 1.64.